The van der Waals surface area contributed by atoms with Gasteiger partial charge in [-0.05, 0) is 37.9 Å². The predicted octanol–water partition coefficient (Wildman–Crippen LogP) is -0.00110. The standard InChI is InChI=1S/C11H18N4O/c16-11(9-15-7-1-4-14-15)13-8-10-2-5-12-6-3-10/h1,4,7,10,12H,2-3,5-6,8-9H2,(H,13,16). The predicted molar refractivity (Wildman–Crippen MR) is 60.8 cm³/mol. The van der Waals surface area contributed by atoms with Gasteiger partial charge in [-0.1, -0.05) is 0 Å². The second-order valence-electron chi connectivity index (χ2n) is 4.20. The van der Waals surface area contributed by atoms with Crippen molar-refractivity contribution in [3.05, 3.63) is 18.5 Å². The molecular weight excluding hydrogens is 204 g/mol. The number of rotatable bonds is 4. The zero-order chi connectivity index (χ0) is 11.2. The fourth-order valence-corrected chi connectivity index (χ4v) is 1.94. The molecule has 1 aromatic rings. The lowest BCUT2D eigenvalue weighted by Gasteiger charge is -2.22. The van der Waals surface area contributed by atoms with Crippen molar-refractivity contribution in [3.63, 3.8) is 0 Å². The first-order valence-electron chi connectivity index (χ1n) is 5.79. The molecular formula is C11H18N4O. The molecule has 0 radical (unpaired) electrons. The Bertz CT molecular complexity index is 317. The summed E-state index contributed by atoms with van der Waals surface area (Å²) < 4.78 is 1.64. The summed E-state index contributed by atoms with van der Waals surface area (Å²) in [6.07, 6.45) is 5.79. The molecule has 5 heteroatoms. The molecule has 88 valence electrons. The van der Waals surface area contributed by atoms with Crippen LogP contribution < -0.4 is 10.6 Å². The van der Waals surface area contributed by atoms with E-state index >= 15 is 0 Å². The van der Waals surface area contributed by atoms with E-state index in [9.17, 15) is 4.79 Å². The molecule has 0 spiro atoms. The largest absolute Gasteiger partial charge is 0.354 e. The van der Waals surface area contributed by atoms with Gasteiger partial charge in [-0.25, -0.2) is 0 Å². The average molecular weight is 222 g/mol. The quantitative estimate of drug-likeness (QED) is 0.754. The first-order valence-corrected chi connectivity index (χ1v) is 5.79. The molecule has 1 saturated heterocycles. The molecule has 2 N–H and O–H groups in total. The summed E-state index contributed by atoms with van der Waals surface area (Å²) in [5.74, 6) is 0.671. The van der Waals surface area contributed by atoms with E-state index in [-0.39, 0.29) is 5.91 Å². The number of amides is 1. The van der Waals surface area contributed by atoms with Crippen molar-refractivity contribution >= 4 is 5.91 Å². The number of nitrogens with one attached hydrogen (secondary N) is 2. The van der Waals surface area contributed by atoms with E-state index < -0.39 is 0 Å². The maximum atomic E-state index is 11.6. The van der Waals surface area contributed by atoms with Crippen molar-refractivity contribution in [1.29, 1.82) is 0 Å². The Labute approximate surface area is 95.2 Å². The Morgan fingerprint density at radius 1 is 1.50 bits per heavy atom. The maximum absolute atomic E-state index is 11.6. The highest BCUT2D eigenvalue weighted by Gasteiger charge is 2.13. The molecule has 16 heavy (non-hydrogen) atoms. The SMILES string of the molecule is O=C(Cn1cccn1)NCC1CCNCC1. The van der Waals surface area contributed by atoms with Gasteiger partial charge < -0.3 is 10.6 Å². The van der Waals surface area contributed by atoms with Crippen LogP contribution >= 0.6 is 0 Å². The summed E-state index contributed by atoms with van der Waals surface area (Å²) in [6, 6.07) is 1.82. The van der Waals surface area contributed by atoms with E-state index in [2.05, 4.69) is 15.7 Å². The molecule has 1 aliphatic heterocycles. The number of aromatic nitrogens is 2. The first-order chi connectivity index (χ1) is 7.84. The normalized spacial score (nSPS) is 17.2. The molecule has 0 aromatic carbocycles. The Hall–Kier alpha value is -1.36. The van der Waals surface area contributed by atoms with E-state index in [4.69, 9.17) is 0 Å². The summed E-state index contributed by atoms with van der Waals surface area (Å²) in [5, 5.41) is 10.3. The van der Waals surface area contributed by atoms with Crippen LogP contribution in [0.1, 0.15) is 12.8 Å². The van der Waals surface area contributed by atoms with Crippen LogP contribution in [0.2, 0.25) is 0 Å². The minimum absolute atomic E-state index is 0.0437. The third kappa shape index (κ3) is 3.34. The van der Waals surface area contributed by atoms with Crippen LogP contribution in [0.15, 0.2) is 18.5 Å². The van der Waals surface area contributed by atoms with Crippen molar-refractivity contribution in [3.8, 4) is 0 Å². The van der Waals surface area contributed by atoms with E-state index in [1.165, 1.54) is 0 Å². The van der Waals surface area contributed by atoms with Crippen molar-refractivity contribution in [2.45, 2.75) is 19.4 Å². The van der Waals surface area contributed by atoms with E-state index in [1.807, 2.05) is 6.07 Å². The fourth-order valence-electron chi connectivity index (χ4n) is 1.94. The van der Waals surface area contributed by atoms with Gasteiger partial charge in [0.1, 0.15) is 6.54 Å². The van der Waals surface area contributed by atoms with Gasteiger partial charge in [-0.2, -0.15) is 5.10 Å². The summed E-state index contributed by atoms with van der Waals surface area (Å²) in [7, 11) is 0. The summed E-state index contributed by atoms with van der Waals surface area (Å²) in [4.78, 5) is 11.6. The Morgan fingerprint density at radius 2 is 2.31 bits per heavy atom. The van der Waals surface area contributed by atoms with Crippen molar-refractivity contribution in [2.75, 3.05) is 19.6 Å². The minimum atomic E-state index is 0.0437. The summed E-state index contributed by atoms with van der Waals surface area (Å²) in [6.45, 7) is 3.25. The molecule has 0 aliphatic carbocycles. The highest BCUT2D eigenvalue weighted by molar-refractivity contribution is 5.75. The number of hydrogen-bond acceptors (Lipinski definition) is 3. The lowest BCUT2D eigenvalue weighted by Crippen LogP contribution is -2.37. The van der Waals surface area contributed by atoms with Crippen LogP contribution in [-0.4, -0.2) is 35.3 Å². The Kier molecular flexibility index (Phi) is 3.93. The van der Waals surface area contributed by atoms with Gasteiger partial charge in [0, 0.05) is 18.9 Å². The summed E-state index contributed by atoms with van der Waals surface area (Å²) >= 11 is 0. The molecule has 0 atom stereocenters. The van der Waals surface area contributed by atoms with E-state index in [0.717, 1.165) is 32.5 Å². The van der Waals surface area contributed by atoms with Crippen LogP contribution in [0, 0.1) is 5.92 Å². The highest BCUT2D eigenvalue weighted by Crippen LogP contribution is 2.09. The smallest absolute Gasteiger partial charge is 0.241 e. The van der Waals surface area contributed by atoms with Gasteiger partial charge in [-0.15, -0.1) is 0 Å². The molecule has 1 fully saturated rings. The Morgan fingerprint density at radius 3 is 3.00 bits per heavy atom. The van der Waals surface area contributed by atoms with Crippen LogP contribution in [0.5, 0.6) is 0 Å². The van der Waals surface area contributed by atoms with Gasteiger partial charge in [-0.3, -0.25) is 9.48 Å². The maximum Gasteiger partial charge on any atom is 0.241 e. The number of hydrogen-bond donors (Lipinski definition) is 2. The van der Waals surface area contributed by atoms with Crippen LogP contribution in [0.4, 0.5) is 0 Å². The van der Waals surface area contributed by atoms with Gasteiger partial charge >= 0.3 is 0 Å². The zero-order valence-electron chi connectivity index (χ0n) is 9.35. The monoisotopic (exact) mass is 222 g/mol. The minimum Gasteiger partial charge on any atom is -0.354 e. The lowest BCUT2D eigenvalue weighted by molar-refractivity contribution is -0.122. The number of nitrogens with zero attached hydrogens (tertiary/aromatic N) is 2. The second kappa shape index (κ2) is 5.65. The van der Waals surface area contributed by atoms with Gasteiger partial charge in [0.25, 0.3) is 0 Å². The lowest BCUT2D eigenvalue weighted by atomic mass is 9.98. The third-order valence-corrected chi connectivity index (χ3v) is 2.91. The van der Waals surface area contributed by atoms with Gasteiger partial charge in [0.05, 0.1) is 0 Å². The number of carbonyl (C=O) groups is 1. The zero-order valence-corrected chi connectivity index (χ0v) is 9.35. The number of piperidine rings is 1. The molecule has 1 amide bonds. The molecule has 5 nitrogen and oxygen atoms in total. The van der Waals surface area contributed by atoms with E-state index in [1.54, 1.807) is 17.1 Å². The van der Waals surface area contributed by atoms with Crippen molar-refractivity contribution in [2.24, 2.45) is 5.92 Å². The van der Waals surface area contributed by atoms with Gasteiger partial charge in [0.2, 0.25) is 5.91 Å². The molecule has 0 bridgehead atoms. The van der Waals surface area contributed by atoms with Crippen LogP contribution in [0.3, 0.4) is 0 Å². The van der Waals surface area contributed by atoms with Crippen LogP contribution in [0.25, 0.3) is 0 Å². The first kappa shape index (κ1) is 11.1. The second-order valence-corrected chi connectivity index (χ2v) is 4.20. The molecule has 0 saturated carbocycles. The molecule has 1 aromatic heterocycles. The topological polar surface area (TPSA) is 59.0 Å². The molecule has 0 unspecified atom stereocenters. The highest BCUT2D eigenvalue weighted by atomic mass is 16.2. The van der Waals surface area contributed by atoms with Crippen molar-refractivity contribution in [1.82, 2.24) is 20.4 Å². The van der Waals surface area contributed by atoms with Crippen LogP contribution in [-0.2, 0) is 11.3 Å². The summed E-state index contributed by atoms with van der Waals surface area (Å²) in [5.41, 5.74) is 0. The third-order valence-electron chi connectivity index (χ3n) is 2.91. The van der Waals surface area contributed by atoms with Gasteiger partial charge in [0.15, 0.2) is 0 Å². The Balaban J connectivity index is 1.67. The number of carbonyl (C=O) groups excluding carboxylic acids is 1. The molecule has 2 rings (SSSR count). The van der Waals surface area contributed by atoms with E-state index in [0.29, 0.717) is 12.5 Å². The fraction of sp³-hybridized carbons (Fsp3) is 0.636. The van der Waals surface area contributed by atoms with Crippen molar-refractivity contribution < 1.29 is 4.79 Å². The average Bonchev–Trinajstić information content (AvgIpc) is 2.81. The molecule has 2 heterocycles. The molecule has 1 aliphatic rings.